The molecule has 1 N–H and O–H groups in total. The average Bonchev–Trinajstić information content (AvgIpc) is 2.81. The minimum Gasteiger partial charge on any atom is -0.348 e. The summed E-state index contributed by atoms with van der Waals surface area (Å²) >= 11 is 1.48. The molecule has 0 radical (unpaired) electrons. The van der Waals surface area contributed by atoms with Crippen LogP contribution in [0.15, 0.2) is 41.1 Å². The van der Waals surface area contributed by atoms with Crippen molar-refractivity contribution in [2.24, 2.45) is 0 Å². The Morgan fingerprint density at radius 1 is 1.25 bits per heavy atom. The summed E-state index contributed by atoms with van der Waals surface area (Å²) in [5, 5.41) is 6.41. The zero-order valence-electron chi connectivity index (χ0n) is 8.44. The number of hydrogen-bond donors (Lipinski definition) is 1. The number of carbonyl (C=O) groups excluding carboxylic acids is 1. The van der Waals surface area contributed by atoms with Crippen molar-refractivity contribution in [3.63, 3.8) is 0 Å². The molecule has 4 heteroatoms. The molecular weight excluding hydrogens is 225 g/mol. The van der Waals surface area contributed by atoms with Crippen molar-refractivity contribution in [2.45, 2.75) is 6.54 Å². The lowest BCUT2D eigenvalue weighted by Crippen LogP contribution is -2.22. The van der Waals surface area contributed by atoms with Gasteiger partial charge < -0.3 is 5.32 Å². The van der Waals surface area contributed by atoms with Gasteiger partial charge in [-0.3, -0.25) is 4.79 Å². The van der Waals surface area contributed by atoms with Crippen LogP contribution in [-0.2, 0) is 6.54 Å². The van der Waals surface area contributed by atoms with Gasteiger partial charge in [0.2, 0.25) is 0 Å². The Bertz CT molecular complexity index is 464. The Hall–Kier alpha value is -1.68. The van der Waals surface area contributed by atoms with E-state index in [1.807, 2.05) is 5.38 Å². The molecule has 16 heavy (non-hydrogen) atoms. The maximum atomic E-state index is 12.6. The maximum absolute atomic E-state index is 12.6. The number of benzene rings is 1. The fourth-order valence-corrected chi connectivity index (χ4v) is 1.92. The van der Waals surface area contributed by atoms with Gasteiger partial charge in [0.05, 0.1) is 0 Å². The lowest BCUT2D eigenvalue weighted by Gasteiger charge is -2.03. The quantitative estimate of drug-likeness (QED) is 0.870. The van der Waals surface area contributed by atoms with Gasteiger partial charge in [-0.15, -0.1) is 0 Å². The van der Waals surface area contributed by atoms with Crippen LogP contribution < -0.4 is 5.32 Å². The topological polar surface area (TPSA) is 29.1 Å². The molecule has 0 saturated heterocycles. The molecule has 1 aromatic heterocycles. The number of halogens is 1. The molecule has 2 rings (SSSR count). The molecule has 0 aliphatic carbocycles. The number of hydrogen-bond acceptors (Lipinski definition) is 2. The molecule has 0 aliphatic heterocycles. The van der Waals surface area contributed by atoms with E-state index in [4.69, 9.17) is 0 Å². The predicted molar refractivity (Wildman–Crippen MR) is 61.9 cm³/mol. The van der Waals surface area contributed by atoms with E-state index in [1.54, 1.807) is 23.6 Å². The van der Waals surface area contributed by atoms with Gasteiger partial charge in [0, 0.05) is 17.5 Å². The molecule has 0 bridgehead atoms. The van der Waals surface area contributed by atoms with E-state index in [0.29, 0.717) is 12.1 Å². The van der Waals surface area contributed by atoms with Crippen molar-refractivity contribution in [1.82, 2.24) is 5.32 Å². The second-order valence-corrected chi connectivity index (χ2v) is 4.10. The third-order valence-corrected chi connectivity index (χ3v) is 2.83. The standard InChI is InChI=1S/C12H10FNOS/c13-11-3-1-9(2-4-11)7-14-12(15)10-5-6-16-8-10/h1-6,8H,7H2,(H,14,15). The van der Waals surface area contributed by atoms with Gasteiger partial charge in [-0.2, -0.15) is 11.3 Å². The summed E-state index contributed by atoms with van der Waals surface area (Å²) in [6.45, 7) is 0.412. The van der Waals surface area contributed by atoms with E-state index >= 15 is 0 Å². The minimum atomic E-state index is -0.270. The van der Waals surface area contributed by atoms with Gasteiger partial charge in [0.1, 0.15) is 5.82 Å². The van der Waals surface area contributed by atoms with Crippen LogP contribution in [-0.4, -0.2) is 5.91 Å². The third kappa shape index (κ3) is 2.67. The van der Waals surface area contributed by atoms with Gasteiger partial charge in [0.15, 0.2) is 0 Å². The third-order valence-electron chi connectivity index (χ3n) is 2.15. The zero-order valence-corrected chi connectivity index (χ0v) is 9.26. The van der Waals surface area contributed by atoms with Crippen LogP contribution in [0.4, 0.5) is 4.39 Å². The van der Waals surface area contributed by atoms with Gasteiger partial charge in [-0.05, 0) is 29.1 Å². The summed E-state index contributed by atoms with van der Waals surface area (Å²) in [4.78, 5) is 11.6. The first-order chi connectivity index (χ1) is 7.75. The fraction of sp³-hybridized carbons (Fsp3) is 0.0833. The number of amides is 1. The molecule has 1 amide bonds. The number of rotatable bonds is 3. The molecule has 1 heterocycles. The maximum Gasteiger partial charge on any atom is 0.252 e. The highest BCUT2D eigenvalue weighted by Crippen LogP contribution is 2.06. The molecule has 0 saturated carbocycles. The number of nitrogens with one attached hydrogen (secondary N) is 1. The predicted octanol–water partition coefficient (Wildman–Crippen LogP) is 2.82. The summed E-state index contributed by atoms with van der Waals surface area (Å²) in [6, 6.07) is 7.84. The second-order valence-electron chi connectivity index (χ2n) is 3.32. The molecule has 0 spiro atoms. The van der Waals surface area contributed by atoms with Gasteiger partial charge in [-0.25, -0.2) is 4.39 Å². The number of thiophene rings is 1. The highest BCUT2D eigenvalue weighted by molar-refractivity contribution is 7.08. The first-order valence-corrected chi connectivity index (χ1v) is 5.75. The smallest absolute Gasteiger partial charge is 0.252 e. The fourth-order valence-electron chi connectivity index (χ4n) is 1.28. The molecule has 0 fully saturated rings. The van der Waals surface area contributed by atoms with Crippen molar-refractivity contribution in [3.05, 3.63) is 58.0 Å². The van der Waals surface area contributed by atoms with Gasteiger partial charge in [-0.1, -0.05) is 12.1 Å². The molecule has 2 nitrogen and oxygen atoms in total. The first kappa shape index (κ1) is 10.8. The van der Waals surface area contributed by atoms with Crippen molar-refractivity contribution in [2.75, 3.05) is 0 Å². The summed E-state index contributed by atoms with van der Waals surface area (Å²) in [6.07, 6.45) is 0. The van der Waals surface area contributed by atoms with Crippen LogP contribution in [0.3, 0.4) is 0 Å². The van der Waals surface area contributed by atoms with E-state index in [0.717, 1.165) is 5.56 Å². The van der Waals surface area contributed by atoms with Gasteiger partial charge >= 0.3 is 0 Å². The highest BCUT2D eigenvalue weighted by atomic mass is 32.1. The summed E-state index contributed by atoms with van der Waals surface area (Å²) in [5.74, 6) is -0.376. The summed E-state index contributed by atoms with van der Waals surface area (Å²) in [7, 11) is 0. The normalized spacial score (nSPS) is 10.1. The Labute approximate surface area is 96.7 Å². The largest absolute Gasteiger partial charge is 0.348 e. The Kier molecular flexibility index (Phi) is 3.31. The van der Waals surface area contributed by atoms with E-state index in [2.05, 4.69) is 5.32 Å². The van der Waals surface area contributed by atoms with E-state index < -0.39 is 0 Å². The Balaban J connectivity index is 1.93. The molecule has 0 aliphatic rings. The molecule has 0 unspecified atom stereocenters. The Morgan fingerprint density at radius 3 is 2.62 bits per heavy atom. The lowest BCUT2D eigenvalue weighted by atomic mass is 10.2. The lowest BCUT2D eigenvalue weighted by molar-refractivity contribution is 0.0951. The van der Waals surface area contributed by atoms with Gasteiger partial charge in [0.25, 0.3) is 5.91 Å². The minimum absolute atomic E-state index is 0.106. The van der Waals surface area contributed by atoms with Crippen molar-refractivity contribution >= 4 is 17.2 Å². The van der Waals surface area contributed by atoms with Crippen molar-refractivity contribution < 1.29 is 9.18 Å². The Morgan fingerprint density at radius 2 is 2.00 bits per heavy atom. The highest BCUT2D eigenvalue weighted by Gasteiger charge is 2.04. The van der Waals surface area contributed by atoms with Crippen LogP contribution in [0.1, 0.15) is 15.9 Å². The monoisotopic (exact) mass is 235 g/mol. The molecule has 2 aromatic rings. The van der Waals surface area contributed by atoms with Crippen LogP contribution in [0.25, 0.3) is 0 Å². The average molecular weight is 235 g/mol. The van der Waals surface area contributed by atoms with Crippen LogP contribution in [0.5, 0.6) is 0 Å². The van der Waals surface area contributed by atoms with Crippen LogP contribution in [0.2, 0.25) is 0 Å². The first-order valence-electron chi connectivity index (χ1n) is 4.80. The molecule has 82 valence electrons. The van der Waals surface area contributed by atoms with E-state index in [9.17, 15) is 9.18 Å². The van der Waals surface area contributed by atoms with E-state index in [-0.39, 0.29) is 11.7 Å². The van der Waals surface area contributed by atoms with Crippen molar-refractivity contribution in [1.29, 1.82) is 0 Å². The zero-order chi connectivity index (χ0) is 11.4. The summed E-state index contributed by atoms with van der Waals surface area (Å²) < 4.78 is 12.6. The van der Waals surface area contributed by atoms with Crippen LogP contribution >= 0.6 is 11.3 Å². The van der Waals surface area contributed by atoms with E-state index in [1.165, 1.54) is 23.5 Å². The summed E-state index contributed by atoms with van der Waals surface area (Å²) in [5.41, 5.74) is 1.54. The van der Waals surface area contributed by atoms with Crippen molar-refractivity contribution in [3.8, 4) is 0 Å². The molecule has 1 aromatic carbocycles. The SMILES string of the molecule is O=C(NCc1ccc(F)cc1)c1ccsc1. The molecule has 0 atom stereocenters. The second kappa shape index (κ2) is 4.90. The number of carbonyl (C=O) groups is 1. The van der Waals surface area contributed by atoms with Crippen LogP contribution in [0, 0.1) is 5.82 Å². The molecular formula is C12H10FNOS.